The van der Waals surface area contributed by atoms with E-state index in [1.807, 2.05) is 0 Å². The molecule has 0 saturated heterocycles. The van der Waals surface area contributed by atoms with Crippen LogP contribution in [0.25, 0.3) is 0 Å². The van der Waals surface area contributed by atoms with Crippen LogP contribution in [0.15, 0.2) is 12.1 Å². The molecule has 1 aliphatic rings. The number of carbonyl (C=O) groups is 1. The Balaban J connectivity index is 2.05. The maximum Gasteiger partial charge on any atom is 0.251 e. The highest BCUT2D eigenvalue weighted by Gasteiger charge is 2.20. The van der Waals surface area contributed by atoms with Crippen molar-refractivity contribution in [1.29, 1.82) is 0 Å². The fourth-order valence-corrected chi connectivity index (χ4v) is 2.00. The molecule has 1 heterocycles. The molecule has 0 unspecified atom stereocenters. The van der Waals surface area contributed by atoms with Gasteiger partial charge in [-0.15, -0.1) is 0 Å². The quantitative estimate of drug-likeness (QED) is 0.807. The molecule has 0 radical (unpaired) electrons. The van der Waals surface area contributed by atoms with Crippen LogP contribution in [0.2, 0.25) is 5.15 Å². The topological polar surface area (TPSA) is 54.0 Å². The van der Waals surface area contributed by atoms with Crippen LogP contribution in [0.5, 0.6) is 0 Å². The minimum atomic E-state index is -0.0662. The van der Waals surface area contributed by atoms with Gasteiger partial charge in [-0.25, -0.2) is 4.98 Å². The third-order valence-electron chi connectivity index (χ3n) is 3.05. The molecular formula is C13H18ClN3O. The van der Waals surface area contributed by atoms with E-state index in [1.54, 1.807) is 12.1 Å². The van der Waals surface area contributed by atoms with Crippen LogP contribution < -0.4 is 10.6 Å². The van der Waals surface area contributed by atoms with Crippen LogP contribution in [0.4, 0.5) is 5.82 Å². The van der Waals surface area contributed by atoms with Crippen LogP contribution in [0, 0.1) is 0 Å². The summed E-state index contributed by atoms with van der Waals surface area (Å²) in [7, 11) is 0. The Hall–Kier alpha value is -1.29. The monoisotopic (exact) mass is 267 g/mol. The summed E-state index contributed by atoms with van der Waals surface area (Å²) in [4.78, 5) is 16.1. The van der Waals surface area contributed by atoms with Crippen molar-refractivity contribution in [2.45, 2.75) is 38.6 Å². The van der Waals surface area contributed by atoms with Gasteiger partial charge >= 0.3 is 0 Å². The molecule has 4 nitrogen and oxygen atoms in total. The predicted molar refractivity (Wildman–Crippen MR) is 73.1 cm³/mol. The molecule has 5 heteroatoms. The van der Waals surface area contributed by atoms with Gasteiger partial charge in [0.05, 0.1) is 0 Å². The van der Waals surface area contributed by atoms with Gasteiger partial charge in [-0.3, -0.25) is 4.79 Å². The van der Waals surface area contributed by atoms with Crippen molar-refractivity contribution < 1.29 is 4.79 Å². The normalized spacial score (nSPS) is 15.0. The van der Waals surface area contributed by atoms with E-state index in [1.165, 1.54) is 6.42 Å². The van der Waals surface area contributed by atoms with Gasteiger partial charge in [0.1, 0.15) is 11.0 Å². The highest BCUT2D eigenvalue weighted by atomic mass is 35.5. The number of hydrogen-bond acceptors (Lipinski definition) is 3. The molecule has 0 atom stereocenters. The molecule has 2 rings (SSSR count). The van der Waals surface area contributed by atoms with Gasteiger partial charge in [-0.2, -0.15) is 0 Å². The van der Waals surface area contributed by atoms with E-state index in [-0.39, 0.29) is 5.91 Å². The number of nitrogens with one attached hydrogen (secondary N) is 2. The Labute approximate surface area is 112 Å². The molecular weight excluding hydrogens is 250 g/mol. The first-order valence-electron chi connectivity index (χ1n) is 6.41. The van der Waals surface area contributed by atoms with Crippen molar-refractivity contribution in [2.75, 3.05) is 11.9 Å². The fraction of sp³-hybridized carbons (Fsp3) is 0.538. The lowest BCUT2D eigenvalue weighted by Crippen LogP contribution is -2.39. The minimum Gasteiger partial charge on any atom is -0.370 e. The molecule has 98 valence electrons. The second-order valence-electron chi connectivity index (χ2n) is 4.59. The zero-order chi connectivity index (χ0) is 13.0. The fourth-order valence-electron chi connectivity index (χ4n) is 1.79. The van der Waals surface area contributed by atoms with Crippen LogP contribution in [-0.4, -0.2) is 23.5 Å². The first kappa shape index (κ1) is 13.1. The van der Waals surface area contributed by atoms with E-state index in [2.05, 4.69) is 22.5 Å². The number of carbonyl (C=O) groups excluding carboxylic acids is 1. The summed E-state index contributed by atoms with van der Waals surface area (Å²) >= 11 is 5.93. The van der Waals surface area contributed by atoms with E-state index in [0.717, 1.165) is 25.8 Å². The smallest absolute Gasteiger partial charge is 0.251 e. The number of halogens is 1. The number of rotatable bonds is 5. The molecule has 0 aromatic carbocycles. The first-order chi connectivity index (χ1) is 8.69. The summed E-state index contributed by atoms with van der Waals surface area (Å²) in [5, 5.41) is 6.47. The maximum absolute atomic E-state index is 12.0. The molecule has 0 spiro atoms. The summed E-state index contributed by atoms with van der Waals surface area (Å²) in [6.07, 6.45) is 4.35. The molecule has 1 aliphatic carbocycles. The highest BCUT2D eigenvalue weighted by molar-refractivity contribution is 6.29. The van der Waals surface area contributed by atoms with E-state index in [4.69, 9.17) is 11.6 Å². The van der Waals surface area contributed by atoms with E-state index >= 15 is 0 Å². The lowest BCUT2D eigenvalue weighted by atomic mass is 9.93. The van der Waals surface area contributed by atoms with Crippen LogP contribution in [0.3, 0.4) is 0 Å². The van der Waals surface area contributed by atoms with E-state index < -0.39 is 0 Å². The van der Waals surface area contributed by atoms with Crippen molar-refractivity contribution in [2.24, 2.45) is 0 Å². The summed E-state index contributed by atoms with van der Waals surface area (Å²) in [6.45, 7) is 2.89. The third kappa shape index (κ3) is 3.35. The Morgan fingerprint density at radius 1 is 1.50 bits per heavy atom. The number of aromatic nitrogens is 1. The summed E-state index contributed by atoms with van der Waals surface area (Å²) in [6, 6.07) is 3.68. The van der Waals surface area contributed by atoms with Gasteiger partial charge in [-0.05, 0) is 37.8 Å². The van der Waals surface area contributed by atoms with Gasteiger partial charge in [-0.1, -0.05) is 18.5 Å². The minimum absolute atomic E-state index is 0.0662. The Morgan fingerprint density at radius 3 is 2.89 bits per heavy atom. The number of nitrogens with zero attached hydrogens (tertiary/aromatic N) is 1. The Morgan fingerprint density at radius 2 is 2.28 bits per heavy atom. The van der Waals surface area contributed by atoms with Crippen LogP contribution in [-0.2, 0) is 0 Å². The largest absolute Gasteiger partial charge is 0.370 e. The highest BCUT2D eigenvalue weighted by Crippen LogP contribution is 2.20. The molecule has 1 aromatic rings. The van der Waals surface area contributed by atoms with Crippen molar-refractivity contribution >= 4 is 23.3 Å². The Bertz CT molecular complexity index is 432. The molecule has 1 saturated carbocycles. The summed E-state index contributed by atoms with van der Waals surface area (Å²) in [5.74, 6) is 0.589. The molecule has 1 amide bonds. The SMILES string of the molecule is CCCNc1cc(C(=O)NC2CCC2)cc(Cl)n1. The zero-order valence-electron chi connectivity index (χ0n) is 10.5. The lowest BCUT2D eigenvalue weighted by Gasteiger charge is -2.26. The van der Waals surface area contributed by atoms with Crippen molar-refractivity contribution in [1.82, 2.24) is 10.3 Å². The van der Waals surface area contributed by atoms with Crippen molar-refractivity contribution in [3.05, 3.63) is 22.8 Å². The summed E-state index contributed by atoms with van der Waals surface area (Å²) in [5.41, 5.74) is 0.570. The van der Waals surface area contributed by atoms with Crippen molar-refractivity contribution in [3.8, 4) is 0 Å². The second kappa shape index (κ2) is 6.05. The first-order valence-corrected chi connectivity index (χ1v) is 6.79. The van der Waals surface area contributed by atoms with E-state index in [0.29, 0.717) is 22.6 Å². The molecule has 1 fully saturated rings. The molecule has 1 aromatic heterocycles. The average Bonchev–Trinajstić information content (AvgIpc) is 2.30. The molecule has 18 heavy (non-hydrogen) atoms. The number of amides is 1. The number of hydrogen-bond donors (Lipinski definition) is 2. The molecule has 0 bridgehead atoms. The Kier molecular flexibility index (Phi) is 4.42. The standard InChI is InChI=1S/C13H18ClN3O/c1-2-6-15-12-8-9(7-11(14)17-12)13(18)16-10-4-3-5-10/h7-8,10H,2-6H2,1H3,(H,15,17)(H,16,18). The van der Waals surface area contributed by atoms with Gasteiger partial charge in [0.2, 0.25) is 0 Å². The van der Waals surface area contributed by atoms with Crippen LogP contribution >= 0.6 is 11.6 Å². The van der Waals surface area contributed by atoms with Gasteiger partial charge < -0.3 is 10.6 Å². The molecule has 0 aliphatic heterocycles. The number of pyridine rings is 1. The third-order valence-corrected chi connectivity index (χ3v) is 3.25. The van der Waals surface area contributed by atoms with Crippen molar-refractivity contribution in [3.63, 3.8) is 0 Å². The van der Waals surface area contributed by atoms with Gasteiger partial charge in [0, 0.05) is 18.2 Å². The zero-order valence-corrected chi connectivity index (χ0v) is 11.3. The average molecular weight is 268 g/mol. The number of anilines is 1. The van der Waals surface area contributed by atoms with Gasteiger partial charge in [0.25, 0.3) is 5.91 Å². The van der Waals surface area contributed by atoms with Gasteiger partial charge in [0.15, 0.2) is 0 Å². The predicted octanol–water partition coefficient (Wildman–Crippen LogP) is 2.84. The molecule has 2 N–H and O–H groups in total. The maximum atomic E-state index is 12.0. The summed E-state index contributed by atoms with van der Waals surface area (Å²) < 4.78 is 0. The lowest BCUT2D eigenvalue weighted by molar-refractivity contribution is 0.0917. The van der Waals surface area contributed by atoms with Crippen LogP contribution in [0.1, 0.15) is 43.0 Å². The van der Waals surface area contributed by atoms with E-state index in [9.17, 15) is 4.79 Å². The second-order valence-corrected chi connectivity index (χ2v) is 4.98.